The summed E-state index contributed by atoms with van der Waals surface area (Å²) < 4.78 is 1.59. The molecule has 23 heavy (non-hydrogen) atoms. The van der Waals surface area contributed by atoms with Crippen LogP contribution in [0.15, 0.2) is 42.2 Å². The molecule has 1 aromatic heterocycles. The van der Waals surface area contributed by atoms with E-state index in [1.807, 2.05) is 24.3 Å². The highest BCUT2D eigenvalue weighted by atomic mass is 16.1. The number of rotatable bonds is 6. The number of aromatic nitrogens is 4. The normalized spacial score (nSPS) is 14.3. The van der Waals surface area contributed by atoms with Gasteiger partial charge in [-0.3, -0.25) is 4.79 Å². The van der Waals surface area contributed by atoms with E-state index in [0.29, 0.717) is 6.42 Å². The van der Waals surface area contributed by atoms with Gasteiger partial charge in [0.1, 0.15) is 6.33 Å². The van der Waals surface area contributed by atoms with Crippen molar-refractivity contribution < 1.29 is 4.79 Å². The minimum absolute atomic E-state index is 0.0663. The molecule has 6 heteroatoms. The Bertz CT molecular complexity index is 661. The third-order valence-electron chi connectivity index (χ3n) is 4.07. The van der Waals surface area contributed by atoms with Gasteiger partial charge in [-0.1, -0.05) is 23.8 Å². The second kappa shape index (κ2) is 7.67. The number of tetrazole rings is 1. The average Bonchev–Trinajstić information content (AvgIpc) is 3.11. The van der Waals surface area contributed by atoms with Crippen molar-refractivity contribution in [1.82, 2.24) is 25.5 Å². The average molecular weight is 311 g/mol. The van der Waals surface area contributed by atoms with Crippen LogP contribution in [0.1, 0.15) is 37.7 Å². The topological polar surface area (TPSA) is 72.7 Å². The molecule has 0 unspecified atom stereocenters. The van der Waals surface area contributed by atoms with Crippen molar-refractivity contribution in [2.75, 3.05) is 6.54 Å². The zero-order chi connectivity index (χ0) is 15.9. The van der Waals surface area contributed by atoms with E-state index in [-0.39, 0.29) is 5.91 Å². The van der Waals surface area contributed by atoms with Crippen molar-refractivity contribution in [3.63, 3.8) is 0 Å². The molecule has 2 aromatic rings. The summed E-state index contributed by atoms with van der Waals surface area (Å²) in [4.78, 5) is 12.0. The van der Waals surface area contributed by atoms with Crippen LogP contribution in [0.5, 0.6) is 0 Å². The number of amides is 1. The molecule has 1 N–H and O–H groups in total. The van der Waals surface area contributed by atoms with E-state index < -0.39 is 0 Å². The van der Waals surface area contributed by atoms with Gasteiger partial charge in [-0.2, -0.15) is 0 Å². The number of hydrogen-bond donors (Lipinski definition) is 1. The van der Waals surface area contributed by atoms with Gasteiger partial charge in [0, 0.05) is 6.54 Å². The van der Waals surface area contributed by atoms with E-state index in [1.165, 1.54) is 31.3 Å². The molecular weight excluding hydrogens is 290 g/mol. The van der Waals surface area contributed by atoms with Gasteiger partial charge in [-0.25, -0.2) is 4.68 Å². The monoisotopic (exact) mass is 311 g/mol. The standard InChI is InChI=1S/C17H21N5O/c23-17(18-11-10-14-4-2-1-3-5-14)12-15-6-8-16(9-7-15)22-13-19-20-21-22/h4,6-9,13H,1-3,5,10-12H2,(H,18,23). The molecule has 0 saturated carbocycles. The van der Waals surface area contributed by atoms with Crippen LogP contribution in [-0.4, -0.2) is 32.7 Å². The third-order valence-corrected chi connectivity index (χ3v) is 4.07. The summed E-state index contributed by atoms with van der Waals surface area (Å²) in [5, 5.41) is 14.0. The highest BCUT2D eigenvalue weighted by Gasteiger charge is 2.06. The van der Waals surface area contributed by atoms with Crippen molar-refractivity contribution in [3.8, 4) is 5.69 Å². The molecule has 1 amide bonds. The minimum Gasteiger partial charge on any atom is -0.355 e. The van der Waals surface area contributed by atoms with Crippen LogP contribution in [0.3, 0.4) is 0 Å². The first kappa shape index (κ1) is 15.4. The summed E-state index contributed by atoms with van der Waals surface area (Å²) in [5.74, 6) is 0.0663. The van der Waals surface area contributed by atoms with Crippen LogP contribution in [0.2, 0.25) is 0 Å². The molecule has 1 aliphatic carbocycles. The quantitative estimate of drug-likeness (QED) is 0.830. The first-order chi connectivity index (χ1) is 11.3. The predicted octanol–water partition coefficient (Wildman–Crippen LogP) is 2.21. The van der Waals surface area contributed by atoms with Crippen LogP contribution in [-0.2, 0) is 11.2 Å². The van der Waals surface area contributed by atoms with Crippen LogP contribution in [0, 0.1) is 0 Å². The van der Waals surface area contributed by atoms with Crippen molar-refractivity contribution in [1.29, 1.82) is 0 Å². The number of benzene rings is 1. The van der Waals surface area contributed by atoms with Crippen LogP contribution < -0.4 is 5.32 Å². The lowest BCUT2D eigenvalue weighted by Gasteiger charge is -2.13. The Morgan fingerprint density at radius 3 is 2.78 bits per heavy atom. The second-order valence-electron chi connectivity index (χ2n) is 5.81. The molecule has 3 rings (SSSR count). The number of carbonyl (C=O) groups excluding carboxylic acids is 1. The predicted molar refractivity (Wildman–Crippen MR) is 87.0 cm³/mol. The summed E-state index contributed by atoms with van der Waals surface area (Å²) >= 11 is 0. The van der Waals surface area contributed by atoms with Crippen LogP contribution in [0.25, 0.3) is 5.69 Å². The lowest BCUT2D eigenvalue weighted by Crippen LogP contribution is -2.26. The molecule has 0 saturated heterocycles. The van der Waals surface area contributed by atoms with Gasteiger partial charge in [-0.05, 0) is 60.2 Å². The van der Waals surface area contributed by atoms with E-state index in [0.717, 1.165) is 24.2 Å². The summed E-state index contributed by atoms with van der Waals surface area (Å²) in [6.45, 7) is 0.730. The number of hydrogen-bond acceptors (Lipinski definition) is 4. The second-order valence-corrected chi connectivity index (χ2v) is 5.81. The maximum Gasteiger partial charge on any atom is 0.224 e. The number of carbonyl (C=O) groups is 1. The molecule has 1 heterocycles. The van der Waals surface area contributed by atoms with Crippen molar-refractivity contribution in [2.24, 2.45) is 0 Å². The molecule has 0 bridgehead atoms. The molecule has 0 radical (unpaired) electrons. The van der Waals surface area contributed by atoms with Gasteiger partial charge in [0.2, 0.25) is 5.91 Å². The minimum atomic E-state index is 0.0663. The van der Waals surface area contributed by atoms with Crippen LogP contribution in [0.4, 0.5) is 0 Å². The number of nitrogens with zero attached hydrogens (tertiary/aromatic N) is 4. The molecule has 0 aliphatic heterocycles. The van der Waals surface area contributed by atoms with Crippen molar-refractivity contribution >= 4 is 5.91 Å². The maximum absolute atomic E-state index is 12.0. The van der Waals surface area contributed by atoms with Gasteiger partial charge in [-0.15, -0.1) is 5.10 Å². The largest absolute Gasteiger partial charge is 0.355 e. The van der Waals surface area contributed by atoms with E-state index in [9.17, 15) is 4.79 Å². The Balaban J connectivity index is 1.45. The fraction of sp³-hybridized carbons (Fsp3) is 0.412. The molecule has 1 aliphatic rings. The van der Waals surface area contributed by atoms with Gasteiger partial charge in [0.15, 0.2) is 0 Å². The summed E-state index contributed by atoms with van der Waals surface area (Å²) in [5.41, 5.74) is 3.35. The maximum atomic E-state index is 12.0. The fourth-order valence-corrected chi connectivity index (χ4v) is 2.79. The Morgan fingerprint density at radius 1 is 1.22 bits per heavy atom. The van der Waals surface area contributed by atoms with Gasteiger partial charge in [0.05, 0.1) is 12.1 Å². The Morgan fingerprint density at radius 2 is 2.09 bits per heavy atom. The Hall–Kier alpha value is -2.50. The molecule has 1 aromatic carbocycles. The van der Waals surface area contributed by atoms with Crippen molar-refractivity contribution in [2.45, 2.75) is 38.5 Å². The molecular formula is C17H21N5O. The highest BCUT2D eigenvalue weighted by molar-refractivity contribution is 5.78. The molecule has 6 nitrogen and oxygen atoms in total. The van der Waals surface area contributed by atoms with Gasteiger partial charge in [0.25, 0.3) is 0 Å². The molecule has 0 atom stereocenters. The van der Waals surface area contributed by atoms with Gasteiger partial charge >= 0.3 is 0 Å². The summed E-state index contributed by atoms with van der Waals surface area (Å²) in [6, 6.07) is 7.68. The van der Waals surface area contributed by atoms with E-state index >= 15 is 0 Å². The van der Waals surface area contributed by atoms with E-state index in [1.54, 1.807) is 11.0 Å². The lowest BCUT2D eigenvalue weighted by atomic mass is 9.97. The molecule has 0 fully saturated rings. The lowest BCUT2D eigenvalue weighted by molar-refractivity contribution is -0.120. The first-order valence-electron chi connectivity index (χ1n) is 8.08. The van der Waals surface area contributed by atoms with E-state index in [2.05, 4.69) is 26.9 Å². The Labute approximate surface area is 135 Å². The van der Waals surface area contributed by atoms with Crippen LogP contribution >= 0.6 is 0 Å². The zero-order valence-electron chi connectivity index (χ0n) is 13.1. The van der Waals surface area contributed by atoms with Gasteiger partial charge < -0.3 is 5.32 Å². The fourth-order valence-electron chi connectivity index (χ4n) is 2.79. The number of allylic oxidation sites excluding steroid dienone is 1. The smallest absolute Gasteiger partial charge is 0.224 e. The third kappa shape index (κ3) is 4.48. The first-order valence-corrected chi connectivity index (χ1v) is 8.08. The zero-order valence-corrected chi connectivity index (χ0v) is 13.1. The number of nitrogens with one attached hydrogen (secondary N) is 1. The molecule has 120 valence electrons. The SMILES string of the molecule is O=C(Cc1ccc(-n2cnnn2)cc1)NCCC1=CCCCC1. The highest BCUT2D eigenvalue weighted by Crippen LogP contribution is 2.19. The van der Waals surface area contributed by atoms with E-state index in [4.69, 9.17) is 0 Å². The Kier molecular flexibility index (Phi) is 5.13. The summed E-state index contributed by atoms with van der Waals surface area (Å²) in [7, 11) is 0. The summed E-state index contributed by atoms with van der Waals surface area (Å²) in [6.07, 6.45) is 10.2. The molecule has 0 spiro atoms. The van der Waals surface area contributed by atoms with Crippen molar-refractivity contribution in [3.05, 3.63) is 47.8 Å².